The summed E-state index contributed by atoms with van der Waals surface area (Å²) in [5.74, 6) is 0.686. The number of rotatable bonds is 4. The van der Waals surface area contributed by atoms with Crippen LogP contribution < -0.4 is 5.32 Å². The summed E-state index contributed by atoms with van der Waals surface area (Å²) in [6, 6.07) is 10.8. The molecule has 2 heteroatoms. The highest BCUT2D eigenvalue weighted by molar-refractivity contribution is 5.26. The lowest BCUT2D eigenvalue weighted by molar-refractivity contribution is 0.186. The van der Waals surface area contributed by atoms with Crippen molar-refractivity contribution in [1.82, 2.24) is 10.2 Å². The molecule has 122 valence electrons. The summed E-state index contributed by atoms with van der Waals surface area (Å²) in [6.07, 6.45) is 9.48. The molecular formula is C20H32N2. The normalized spacial score (nSPS) is 27.9. The lowest BCUT2D eigenvalue weighted by atomic mass is 9.86. The Morgan fingerprint density at radius 1 is 1.00 bits per heavy atom. The number of hydrogen-bond acceptors (Lipinski definition) is 2. The maximum absolute atomic E-state index is 3.97. The summed E-state index contributed by atoms with van der Waals surface area (Å²) in [6.45, 7) is 4.64. The molecule has 0 amide bonds. The van der Waals surface area contributed by atoms with Crippen molar-refractivity contribution in [3.63, 3.8) is 0 Å². The van der Waals surface area contributed by atoms with Gasteiger partial charge in [0.1, 0.15) is 0 Å². The second kappa shape index (κ2) is 7.61. The molecule has 1 saturated heterocycles. The Morgan fingerprint density at radius 3 is 2.41 bits per heavy atom. The Morgan fingerprint density at radius 2 is 1.73 bits per heavy atom. The fraction of sp³-hybridized carbons (Fsp3) is 0.700. The molecular weight excluding hydrogens is 268 g/mol. The first kappa shape index (κ1) is 16.0. The zero-order valence-corrected chi connectivity index (χ0v) is 14.4. The lowest BCUT2D eigenvalue weighted by Crippen LogP contribution is -2.50. The third-order valence-corrected chi connectivity index (χ3v) is 5.57. The van der Waals surface area contributed by atoms with Crippen LogP contribution in [-0.4, -0.2) is 37.1 Å². The van der Waals surface area contributed by atoms with Gasteiger partial charge in [-0.2, -0.15) is 0 Å². The number of aryl methyl sites for hydroxylation is 1. The Balaban J connectivity index is 1.61. The van der Waals surface area contributed by atoms with Crippen LogP contribution >= 0.6 is 0 Å². The van der Waals surface area contributed by atoms with Crippen LogP contribution in [0.4, 0.5) is 0 Å². The number of nitrogens with one attached hydrogen (secondary N) is 1. The number of likely N-dealkylation sites (tertiary alicyclic amines) is 1. The maximum Gasteiger partial charge on any atom is 0.0203 e. The van der Waals surface area contributed by atoms with Gasteiger partial charge in [0, 0.05) is 25.2 Å². The van der Waals surface area contributed by atoms with Gasteiger partial charge in [0.25, 0.3) is 0 Å². The maximum atomic E-state index is 3.97. The van der Waals surface area contributed by atoms with E-state index in [-0.39, 0.29) is 0 Å². The molecule has 2 fully saturated rings. The zero-order valence-electron chi connectivity index (χ0n) is 14.4. The molecule has 1 aliphatic carbocycles. The Hall–Kier alpha value is -0.860. The van der Waals surface area contributed by atoms with Gasteiger partial charge in [-0.15, -0.1) is 0 Å². The summed E-state index contributed by atoms with van der Waals surface area (Å²) in [4.78, 5) is 2.52. The van der Waals surface area contributed by atoms with Crippen molar-refractivity contribution in [1.29, 1.82) is 0 Å². The van der Waals surface area contributed by atoms with Crippen LogP contribution in [0.5, 0.6) is 0 Å². The van der Waals surface area contributed by atoms with Crippen molar-refractivity contribution in [2.24, 2.45) is 0 Å². The molecule has 2 unspecified atom stereocenters. The number of hydrogen-bond donors (Lipinski definition) is 1. The van der Waals surface area contributed by atoms with Crippen molar-refractivity contribution < 1.29 is 0 Å². The number of benzene rings is 1. The van der Waals surface area contributed by atoms with Gasteiger partial charge in [0.15, 0.2) is 0 Å². The predicted octanol–water partition coefficient (Wildman–Crippen LogP) is 3.96. The molecule has 1 aromatic carbocycles. The summed E-state index contributed by atoms with van der Waals surface area (Å²) in [5.41, 5.74) is 2.98. The monoisotopic (exact) mass is 300 g/mol. The molecule has 1 heterocycles. The molecule has 0 radical (unpaired) electrons. The van der Waals surface area contributed by atoms with Crippen molar-refractivity contribution in [3.05, 3.63) is 35.4 Å². The molecule has 0 spiro atoms. The Kier molecular flexibility index (Phi) is 5.54. The molecule has 22 heavy (non-hydrogen) atoms. The second-order valence-electron chi connectivity index (χ2n) is 7.45. The average molecular weight is 300 g/mol. The first-order valence-corrected chi connectivity index (χ1v) is 9.28. The van der Waals surface area contributed by atoms with Crippen molar-refractivity contribution in [2.45, 2.75) is 69.9 Å². The van der Waals surface area contributed by atoms with E-state index >= 15 is 0 Å². The predicted molar refractivity (Wildman–Crippen MR) is 94.5 cm³/mol. The quantitative estimate of drug-likeness (QED) is 0.905. The van der Waals surface area contributed by atoms with E-state index in [1.807, 2.05) is 0 Å². The van der Waals surface area contributed by atoms with Crippen LogP contribution in [-0.2, 0) is 6.42 Å². The van der Waals surface area contributed by atoms with Gasteiger partial charge in [0.05, 0.1) is 0 Å². The fourth-order valence-corrected chi connectivity index (χ4v) is 4.31. The molecule has 1 saturated carbocycles. The van der Waals surface area contributed by atoms with Gasteiger partial charge in [-0.1, -0.05) is 50.5 Å². The van der Waals surface area contributed by atoms with Crippen molar-refractivity contribution >= 4 is 0 Å². The highest BCUT2D eigenvalue weighted by atomic mass is 15.1. The summed E-state index contributed by atoms with van der Waals surface area (Å²) >= 11 is 0. The number of likely N-dealkylation sites (N-methyl/N-ethyl adjacent to an activating group) is 1. The molecule has 1 aromatic rings. The molecule has 1 N–H and O–H groups in total. The van der Waals surface area contributed by atoms with Gasteiger partial charge < -0.3 is 10.2 Å². The zero-order chi connectivity index (χ0) is 15.4. The minimum Gasteiger partial charge on any atom is -0.310 e. The molecule has 3 rings (SSSR count). The molecule has 0 aromatic heterocycles. The van der Waals surface area contributed by atoms with Crippen LogP contribution in [0.15, 0.2) is 24.3 Å². The first-order chi connectivity index (χ1) is 10.7. The molecule has 2 atom stereocenters. The van der Waals surface area contributed by atoms with Gasteiger partial charge in [-0.05, 0) is 49.8 Å². The van der Waals surface area contributed by atoms with E-state index in [4.69, 9.17) is 0 Å². The molecule has 2 nitrogen and oxygen atoms in total. The minimum atomic E-state index is 0.665. The fourth-order valence-electron chi connectivity index (χ4n) is 4.31. The van der Waals surface area contributed by atoms with E-state index in [9.17, 15) is 0 Å². The lowest BCUT2D eigenvalue weighted by Gasteiger charge is -2.39. The smallest absolute Gasteiger partial charge is 0.0203 e. The van der Waals surface area contributed by atoms with E-state index in [0.29, 0.717) is 12.0 Å². The number of piperidine rings is 1. The molecule has 2 aliphatic rings. The van der Waals surface area contributed by atoms with Gasteiger partial charge in [-0.25, -0.2) is 0 Å². The van der Waals surface area contributed by atoms with Gasteiger partial charge >= 0.3 is 0 Å². The Labute approximate surface area is 136 Å². The van der Waals surface area contributed by atoms with Crippen molar-refractivity contribution in [3.8, 4) is 0 Å². The standard InChI is InChI=1S/C20H32N2/c1-3-16-9-11-17(12-10-16)18-13-20(15-22(2)14-18)21-19-7-5-4-6-8-19/h9-12,18-21H,3-8,13-15H2,1-2H3. The van der Waals surface area contributed by atoms with Crippen LogP contribution in [0.1, 0.15) is 62.5 Å². The highest BCUT2D eigenvalue weighted by Crippen LogP contribution is 2.28. The van der Waals surface area contributed by atoms with E-state index in [0.717, 1.165) is 12.5 Å². The SMILES string of the molecule is CCc1ccc(C2CC(NC3CCCCC3)CN(C)C2)cc1. The highest BCUT2D eigenvalue weighted by Gasteiger charge is 2.28. The van der Waals surface area contributed by atoms with Crippen LogP contribution in [0.25, 0.3) is 0 Å². The third kappa shape index (κ3) is 4.11. The van der Waals surface area contributed by atoms with E-state index < -0.39 is 0 Å². The molecule has 1 aliphatic heterocycles. The summed E-state index contributed by atoms with van der Waals surface area (Å²) in [7, 11) is 2.28. The van der Waals surface area contributed by atoms with Crippen LogP contribution in [0.2, 0.25) is 0 Å². The largest absolute Gasteiger partial charge is 0.310 e. The van der Waals surface area contributed by atoms with E-state index in [2.05, 4.69) is 48.5 Å². The van der Waals surface area contributed by atoms with Gasteiger partial charge in [-0.3, -0.25) is 0 Å². The summed E-state index contributed by atoms with van der Waals surface area (Å²) in [5, 5.41) is 3.97. The van der Waals surface area contributed by atoms with E-state index in [1.54, 1.807) is 0 Å². The minimum absolute atomic E-state index is 0.665. The summed E-state index contributed by atoms with van der Waals surface area (Å²) < 4.78 is 0. The van der Waals surface area contributed by atoms with E-state index in [1.165, 1.54) is 62.7 Å². The second-order valence-corrected chi connectivity index (χ2v) is 7.45. The topological polar surface area (TPSA) is 15.3 Å². The number of nitrogens with zero attached hydrogens (tertiary/aromatic N) is 1. The van der Waals surface area contributed by atoms with Gasteiger partial charge in [0.2, 0.25) is 0 Å². The average Bonchev–Trinajstić information content (AvgIpc) is 2.55. The Bertz CT molecular complexity index is 447. The first-order valence-electron chi connectivity index (χ1n) is 9.28. The third-order valence-electron chi connectivity index (χ3n) is 5.57. The van der Waals surface area contributed by atoms with Crippen LogP contribution in [0, 0.1) is 0 Å². The molecule has 0 bridgehead atoms. The van der Waals surface area contributed by atoms with Crippen molar-refractivity contribution in [2.75, 3.05) is 20.1 Å². The van der Waals surface area contributed by atoms with Crippen LogP contribution in [0.3, 0.4) is 0 Å².